The maximum Gasteiger partial charge on any atom is 0.199 e. The van der Waals surface area contributed by atoms with Crippen molar-refractivity contribution >= 4 is 16.5 Å². The minimum atomic E-state index is 0.450. The summed E-state index contributed by atoms with van der Waals surface area (Å²) in [7, 11) is 0. The maximum atomic E-state index is 11.0. The molecule has 4 aromatic rings. The molecule has 6 rings (SSSR count). The van der Waals surface area contributed by atoms with Crippen LogP contribution in [0.4, 0.5) is 5.69 Å². The lowest BCUT2D eigenvalue weighted by Gasteiger charge is -2.36. The zero-order chi connectivity index (χ0) is 25.7. The number of anilines is 1. The van der Waals surface area contributed by atoms with Crippen LogP contribution in [0.1, 0.15) is 68.0 Å². The van der Waals surface area contributed by atoms with E-state index in [1.165, 1.54) is 61.8 Å². The van der Waals surface area contributed by atoms with Gasteiger partial charge in [0, 0.05) is 60.8 Å². The van der Waals surface area contributed by atoms with Gasteiger partial charge in [-0.2, -0.15) is 0 Å². The van der Waals surface area contributed by atoms with Gasteiger partial charge in [0.2, 0.25) is 0 Å². The molecule has 1 saturated heterocycles. The summed E-state index contributed by atoms with van der Waals surface area (Å²) >= 11 is 0. The second kappa shape index (κ2) is 11.7. The van der Waals surface area contributed by atoms with Crippen molar-refractivity contribution in [3.05, 3.63) is 96.2 Å². The van der Waals surface area contributed by atoms with Crippen LogP contribution in [0.3, 0.4) is 0 Å². The van der Waals surface area contributed by atoms with Gasteiger partial charge in [-0.3, -0.25) is 4.90 Å². The predicted octanol–water partition coefficient (Wildman–Crippen LogP) is 7.59. The molecule has 1 saturated carbocycles. The minimum Gasteiger partial charge on any atom is -0.494 e. The lowest BCUT2D eigenvalue weighted by atomic mass is 9.87. The largest absolute Gasteiger partial charge is 0.494 e. The molecule has 0 bridgehead atoms. The van der Waals surface area contributed by atoms with E-state index in [1.807, 2.05) is 0 Å². The highest BCUT2D eigenvalue weighted by molar-refractivity contribution is 5.91. The van der Waals surface area contributed by atoms with Crippen molar-refractivity contribution in [2.45, 2.75) is 56.9 Å². The normalized spacial score (nSPS) is 17.4. The third-order valence-electron chi connectivity index (χ3n) is 8.88. The molecular formula is C34H41N3O. The molecular weight excluding hydrogens is 466 g/mol. The van der Waals surface area contributed by atoms with Crippen molar-refractivity contribution in [3.63, 3.8) is 0 Å². The smallest absolute Gasteiger partial charge is 0.199 e. The summed E-state index contributed by atoms with van der Waals surface area (Å²) in [6.07, 6.45) is 10.8. The lowest BCUT2D eigenvalue weighted by molar-refractivity contribution is 0.251. The quantitative estimate of drug-likeness (QED) is 0.267. The van der Waals surface area contributed by atoms with Crippen LogP contribution in [0.25, 0.3) is 10.8 Å². The maximum absolute atomic E-state index is 11.0. The molecule has 1 aliphatic heterocycles. The van der Waals surface area contributed by atoms with Crippen LogP contribution in [0.2, 0.25) is 0 Å². The van der Waals surface area contributed by atoms with E-state index in [9.17, 15) is 5.11 Å². The van der Waals surface area contributed by atoms with Crippen LogP contribution in [-0.2, 0) is 0 Å². The summed E-state index contributed by atoms with van der Waals surface area (Å²) in [5, 5.41) is 13.2. The molecule has 2 fully saturated rings. The van der Waals surface area contributed by atoms with Gasteiger partial charge in [-0.15, -0.1) is 0 Å². The Balaban J connectivity index is 1.05. The second-order valence-electron chi connectivity index (χ2n) is 11.3. The second-order valence-corrected chi connectivity index (χ2v) is 11.3. The SMILES string of the molecule is Oc1c2cc(N3CCN(CCCC(c4ccccc4)c4ccccc4)CC3)ccc2cn1C1CCCCC1. The van der Waals surface area contributed by atoms with Crippen molar-refractivity contribution in [1.29, 1.82) is 0 Å². The van der Waals surface area contributed by atoms with E-state index in [2.05, 4.69) is 99.4 Å². The number of hydrogen-bond acceptors (Lipinski definition) is 3. The van der Waals surface area contributed by atoms with E-state index < -0.39 is 0 Å². The Bertz CT molecular complexity index is 1260. The number of rotatable bonds is 8. The average molecular weight is 508 g/mol. The van der Waals surface area contributed by atoms with Crippen LogP contribution in [-0.4, -0.2) is 47.3 Å². The summed E-state index contributed by atoms with van der Waals surface area (Å²) in [5.74, 6) is 0.915. The fourth-order valence-corrected chi connectivity index (χ4v) is 6.68. The van der Waals surface area contributed by atoms with E-state index in [0.29, 0.717) is 17.8 Å². The van der Waals surface area contributed by atoms with Crippen LogP contribution in [0.15, 0.2) is 85.1 Å². The topological polar surface area (TPSA) is 31.6 Å². The van der Waals surface area contributed by atoms with E-state index >= 15 is 0 Å². The molecule has 2 aliphatic rings. The summed E-state index contributed by atoms with van der Waals surface area (Å²) in [5.41, 5.74) is 4.07. The van der Waals surface area contributed by atoms with Gasteiger partial charge in [-0.25, -0.2) is 0 Å². The Morgan fingerprint density at radius 2 is 1.42 bits per heavy atom. The fourth-order valence-electron chi connectivity index (χ4n) is 6.68. The molecule has 2 heterocycles. The minimum absolute atomic E-state index is 0.450. The molecule has 0 spiro atoms. The highest BCUT2D eigenvalue weighted by Gasteiger charge is 2.22. The Kier molecular flexibility index (Phi) is 7.69. The molecule has 1 aromatic heterocycles. The first kappa shape index (κ1) is 25.1. The number of aromatic nitrogens is 1. The Hall–Kier alpha value is -3.24. The number of hydrogen-bond donors (Lipinski definition) is 1. The van der Waals surface area contributed by atoms with Gasteiger partial charge >= 0.3 is 0 Å². The van der Waals surface area contributed by atoms with Crippen molar-refractivity contribution in [2.24, 2.45) is 0 Å². The summed E-state index contributed by atoms with van der Waals surface area (Å²) in [6.45, 7) is 5.41. The van der Waals surface area contributed by atoms with Crippen molar-refractivity contribution in [2.75, 3.05) is 37.6 Å². The molecule has 0 amide bonds. The molecule has 4 nitrogen and oxygen atoms in total. The van der Waals surface area contributed by atoms with Crippen LogP contribution < -0.4 is 4.90 Å². The van der Waals surface area contributed by atoms with E-state index in [1.54, 1.807) is 0 Å². The standard InChI is InChI=1S/C34H41N3O/c38-34-33-25-31(19-18-29(33)26-37(34)30-15-8-3-9-16-30)36-23-21-35(22-24-36)20-10-17-32(27-11-4-1-5-12-27)28-13-6-2-7-14-28/h1-2,4-7,11-14,18-19,25-26,30,32,38H,3,8-10,15-17,20-24H2. The Morgan fingerprint density at radius 1 is 0.763 bits per heavy atom. The lowest BCUT2D eigenvalue weighted by Crippen LogP contribution is -2.46. The Labute approximate surface area is 227 Å². The molecule has 1 aliphatic carbocycles. The molecule has 3 aromatic carbocycles. The molecule has 0 radical (unpaired) electrons. The summed E-state index contributed by atoms with van der Waals surface area (Å²) < 4.78 is 2.14. The van der Waals surface area contributed by atoms with Crippen molar-refractivity contribution in [1.82, 2.24) is 9.47 Å². The highest BCUT2D eigenvalue weighted by atomic mass is 16.3. The predicted molar refractivity (Wildman–Crippen MR) is 158 cm³/mol. The third kappa shape index (κ3) is 5.47. The zero-order valence-corrected chi connectivity index (χ0v) is 22.5. The first-order chi connectivity index (χ1) is 18.8. The van der Waals surface area contributed by atoms with Crippen LogP contribution in [0.5, 0.6) is 5.88 Å². The summed E-state index contributed by atoms with van der Waals surface area (Å²) in [6, 6.07) is 29.0. The van der Waals surface area contributed by atoms with Crippen LogP contribution >= 0.6 is 0 Å². The number of fused-ring (bicyclic) bond motifs is 1. The van der Waals surface area contributed by atoms with Gasteiger partial charge in [0.1, 0.15) is 0 Å². The van der Waals surface area contributed by atoms with Gasteiger partial charge in [0.05, 0.1) is 0 Å². The molecule has 198 valence electrons. The number of piperazine rings is 1. The molecule has 1 N–H and O–H groups in total. The highest BCUT2D eigenvalue weighted by Crippen LogP contribution is 2.38. The molecule has 4 heteroatoms. The first-order valence-electron chi connectivity index (χ1n) is 14.7. The average Bonchev–Trinajstić information content (AvgIpc) is 3.32. The number of nitrogens with zero attached hydrogens (tertiary/aromatic N) is 3. The molecule has 0 atom stereocenters. The Morgan fingerprint density at radius 3 is 2.08 bits per heavy atom. The number of benzene rings is 3. The van der Waals surface area contributed by atoms with Gasteiger partial charge in [-0.05, 0) is 55.5 Å². The van der Waals surface area contributed by atoms with Gasteiger partial charge < -0.3 is 14.6 Å². The van der Waals surface area contributed by atoms with Gasteiger partial charge in [-0.1, -0.05) is 86.0 Å². The first-order valence-corrected chi connectivity index (χ1v) is 14.7. The monoisotopic (exact) mass is 507 g/mol. The third-order valence-corrected chi connectivity index (χ3v) is 8.88. The van der Waals surface area contributed by atoms with Gasteiger partial charge in [0.15, 0.2) is 5.88 Å². The van der Waals surface area contributed by atoms with Crippen molar-refractivity contribution in [3.8, 4) is 5.88 Å². The fraction of sp³-hybridized carbons (Fsp3) is 0.412. The van der Waals surface area contributed by atoms with E-state index in [-0.39, 0.29) is 0 Å². The van der Waals surface area contributed by atoms with Gasteiger partial charge in [0.25, 0.3) is 0 Å². The molecule has 0 unspecified atom stereocenters. The summed E-state index contributed by atoms with van der Waals surface area (Å²) in [4.78, 5) is 5.11. The van der Waals surface area contributed by atoms with Crippen LogP contribution in [0, 0.1) is 0 Å². The van der Waals surface area contributed by atoms with E-state index in [0.717, 1.165) is 43.5 Å². The molecule has 38 heavy (non-hydrogen) atoms. The zero-order valence-electron chi connectivity index (χ0n) is 22.5. The van der Waals surface area contributed by atoms with Crippen molar-refractivity contribution < 1.29 is 5.11 Å². The van der Waals surface area contributed by atoms with E-state index in [4.69, 9.17) is 0 Å². The number of aromatic hydroxyl groups is 1.